The molecular weight excluding hydrogens is 395 g/mol. The number of hydrogen-bond donors (Lipinski definition) is 2. The van der Waals surface area contributed by atoms with Gasteiger partial charge in [-0.15, -0.1) is 0 Å². The van der Waals surface area contributed by atoms with Crippen LogP contribution < -0.4 is 10.0 Å². The van der Waals surface area contributed by atoms with E-state index in [2.05, 4.69) is 10.0 Å². The predicted molar refractivity (Wildman–Crippen MR) is 99.6 cm³/mol. The van der Waals surface area contributed by atoms with Gasteiger partial charge in [-0.3, -0.25) is 9.52 Å². The molecule has 152 valence electrons. The summed E-state index contributed by atoms with van der Waals surface area (Å²) in [5.41, 5.74) is -1.04. The summed E-state index contributed by atoms with van der Waals surface area (Å²) in [5, 5.41) is 2.66. The number of rotatable bonds is 7. The molecule has 1 amide bonds. The molecule has 0 unspecified atom stereocenters. The molecule has 0 fully saturated rings. The highest BCUT2D eigenvalue weighted by Crippen LogP contribution is 2.31. The number of alkyl halides is 3. The van der Waals surface area contributed by atoms with Crippen molar-refractivity contribution in [3.63, 3.8) is 0 Å². The Morgan fingerprint density at radius 2 is 1.75 bits per heavy atom. The number of sulfonamides is 1. The van der Waals surface area contributed by atoms with Crippen LogP contribution in [0.15, 0.2) is 53.4 Å². The molecule has 0 radical (unpaired) electrons. The minimum atomic E-state index is -4.67. The van der Waals surface area contributed by atoms with Crippen LogP contribution in [0.25, 0.3) is 0 Å². The van der Waals surface area contributed by atoms with Gasteiger partial charge in [0.15, 0.2) is 0 Å². The van der Waals surface area contributed by atoms with Crippen LogP contribution in [0.3, 0.4) is 0 Å². The van der Waals surface area contributed by atoms with Gasteiger partial charge in [0, 0.05) is 13.1 Å². The molecule has 0 aliphatic rings. The molecule has 0 aliphatic carbocycles. The Labute approximate surface area is 161 Å². The molecule has 0 aliphatic heterocycles. The van der Waals surface area contributed by atoms with Crippen molar-refractivity contribution < 1.29 is 26.4 Å². The van der Waals surface area contributed by atoms with E-state index in [-0.39, 0.29) is 11.3 Å². The topological polar surface area (TPSA) is 78.5 Å². The Bertz CT molecular complexity index is 944. The number of nitrogens with zero attached hydrogens (tertiary/aromatic N) is 1. The van der Waals surface area contributed by atoms with Crippen LogP contribution in [-0.2, 0) is 16.2 Å². The van der Waals surface area contributed by atoms with E-state index < -0.39 is 32.6 Å². The molecule has 0 spiro atoms. The number of anilines is 1. The zero-order chi connectivity index (χ0) is 20.9. The van der Waals surface area contributed by atoms with Crippen molar-refractivity contribution in [2.24, 2.45) is 0 Å². The molecule has 0 bridgehead atoms. The molecule has 10 heteroatoms. The highest BCUT2D eigenvalue weighted by molar-refractivity contribution is 7.92. The number of nitrogens with one attached hydrogen (secondary N) is 2. The SMILES string of the molecule is CN(C)CCNC(=O)c1ccccc1NS(=O)(=O)c1cccc(C(F)(F)F)c1. The Hall–Kier alpha value is -2.59. The molecule has 0 saturated heterocycles. The van der Waals surface area contributed by atoms with Gasteiger partial charge in [0.05, 0.1) is 21.7 Å². The Kier molecular flexibility index (Phi) is 6.68. The van der Waals surface area contributed by atoms with Crippen molar-refractivity contribution >= 4 is 21.6 Å². The van der Waals surface area contributed by atoms with Crippen LogP contribution in [0, 0.1) is 0 Å². The van der Waals surface area contributed by atoms with Crippen LogP contribution in [0.4, 0.5) is 18.9 Å². The van der Waals surface area contributed by atoms with E-state index in [4.69, 9.17) is 0 Å². The van der Waals surface area contributed by atoms with Gasteiger partial charge in [0.2, 0.25) is 0 Å². The summed E-state index contributed by atoms with van der Waals surface area (Å²) in [4.78, 5) is 13.7. The number of carbonyl (C=O) groups is 1. The molecule has 0 atom stereocenters. The van der Waals surface area contributed by atoms with Crippen LogP contribution in [-0.4, -0.2) is 46.4 Å². The average Bonchev–Trinajstić information content (AvgIpc) is 2.61. The second kappa shape index (κ2) is 8.61. The van der Waals surface area contributed by atoms with Crippen molar-refractivity contribution in [3.8, 4) is 0 Å². The largest absolute Gasteiger partial charge is 0.416 e. The fourth-order valence-corrected chi connectivity index (χ4v) is 3.43. The minimum absolute atomic E-state index is 0.0257. The second-order valence-corrected chi connectivity index (χ2v) is 7.92. The lowest BCUT2D eigenvalue weighted by Gasteiger charge is -2.15. The van der Waals surface area contributed by atoms with E-state index in [0.29, 0.717) is 19.2 Å². The molecule has 2 aromatic rings. The number of para-hydroxylation sites is 1. The van der Waals surface area contributed by atoms with Crippen molar-refractivity contribution in [2.75, 3.05) is 31.9 Å². The first-order valence-electron chi connectivity index (χ1n) is 8.23. The zero-order valence-corrected chi connectivity index (χ0v) is 16.1. The molecule has 0 aromatic heterocycles. The third-order valence-electron chi connectivity index (χ3n) is 3.73. The van der Waals surface area contributed by atoms with Crippen LogP contribution in [0.5, 0.6) is 0 Å². The van der Waals surface area contributed by atoms with E-state index >= 15 is 0 Å². The van der Waals surface area contributed by atoms with Crippen LogP contribution >= 0.6 is 0 Å². The van der Waals surface area contributed by atoms with Gasteiger partial charge in [0.25, 0.3) is 15.9 Å². The lowest BCUT2D eigenvalue weighted by Crippen LogP contribution is -2.32. The van der Waals surface area contributed by atoms with E-state index in [1.54, 1.807) is 6.07 Å². The second-order valence-electron chi connectivity index (χ2n) is 6.24. The smallest absolute Gasteiger partial charge is 0.351 e. The summed E-state index contributed by atoms with van der Waals surface area (Å²) in [6.45, 7) is 0.935. The first-order chi connectivity index (χ1) is 13.0. The van der Waals surface area contributed by atoms with E-state index in [1.807, 2.05) is 19.0 Å². The van der Waals surface area contributed by atoms with E-state index in [1.165, 1.54) is 18.2 Å². The predicted octanol–water partition coefficient (Wildman–Crippen LogP) is 2.80. The van der Waals surface area contributed by atoms with Gasteiger partial charge >= 0.3 is 6.18 Å². The molecule has 2 aromatic carbocycles. The minimum Gasteiger partial charge on any atom is -0.351 e. The van der Waals surface area contributed by atoms with Gasteiger partial charge in [-0.05, 0) is 44.4 Å². The maximum atomic E-state index is 12.9. The number of halogens is 3. The van der Waals surface area contributed by atoms with Crippen molar-refractivity contribution in [3.05, 3.63) is 59.7 Å². The molecule has 0 heterocycles. The molecule has 0 saturated carbocycles. The average molecular weight is 415 g/mol. The highest BCUT2D eigenvalue weighted by atomic mass is 32.2. The standard InChI is InChI=1S/C18H20F3N3O3S/c1-24(2)11-10-22-17(25)15-8-3-4-9-16(15)23-28(26,27)14-7-5-6-13(12-14)18(19,20)21/h3-9,12,23H,10-11H2,1-2H3,(H,22,25). The first kappa shape index (κ1) is 21.7. The van der Waals surface area contributed by atoms with Gasteiger partial charge < -0.3 is 10.2 Å². The normalized spacial score (nSPS) is 12.1. The molecule has 6 nitrogen and oxygen atoms in total. The Morgan fingerprint density at radius 1 is 1.07 bits per heavy atom. The first-order valence-corrected chi connectivity index (χ1v) is 9.71. The van der Waals surface area contributed by atoms with Gasteiger partial charge in [-0.25, -0.2) is 8.42 Å². The molecule has 28 heavy (non-hydrogen) atoms. The van der Waals surface area contributed by atoms with Gasteiger partial charge in [-0.2, -0.15) is 13.2 Å². The summed E-state index contributed by atoms with van der Waals surface area (Å²) in [6.07, 6.45) is -4.67. The molecular formula is C18H20F3N3O3S. The third kappa shape index (κ3) is 5.70. The summed E-state index contributed by atoms with van der Waals surface area (Å²) < 4.78 is 65.8. The van der Waals surface area contributed by atoms with E-state index in [0.717, 1.165) is 18.2 Å². The number of likely N-dealkylation sites (N-methyl/N-ethyl adjacent to an activating group) is 1. The monoisotopic (exact) mass is 415 g/mol. The fourth-order valence-electron chi connectivity index (χ4n) is 2.30. The van der Waals surface area contributed by atoms with Crippen molar-refractivity contribution in [1.29, 1.82) is 0 Å². The number of hydrogen-bond acceptors (Lipinski definition) is 4. The lowest BCUT2D eigenvalue weighted by atomic mass is 10.1. The number of carbonyl (C=O) groups excluding carboxylic acids is 1. The summed E-state index contributed by atoms with van der Waals surface area (Å²) in [7, 11) is -0.651. The summed E-state index contributed by atoms with van der Waals surface area (Å²) in [6, 6.07) is 9.26. The molecule has 2 rings (SSSR count). The third-order valence-corrected chi connectivity index (χ3v) is 5.10. The summed E-state index contributed by atoms with van der Waals surface area (Å²) in [5.74, 6) is -0.496. The summed E-state index contributed by atoms with van der Waals surface area (Å²) >= 11 is 0. The van der Waals surface area contributed by atoms with Gasteiger partial charge in [-0.1, -0.05) is 18.2 Å². The highest BCUT2D eigenvalue weighted by Gasteiger charge is 2.31. The Balaban J connectivity index is 2.27. The van der Waals surface area contributed by atoms with Crippen molar-refractivity contribution in [1.82, 2.24) is 10.2 Å². The van der Waals surface area contributed by atoms with E-state index in [9.17, 15) is 26.4 Å². The quantitative estimate of drug-likeness (QED) is 0.729. The Morgan fingerprint density at radius 3 is 2.39 bits per heavy atom. The van der Waals surface area contributed by atoms with Crippen molar-refractivity contribution in [2.45, 2.75) is 11.1 Å². The van der Waals surface area contributed by atoms with Crippen LogP contribution in [0.1, 0.15) is 15.9 Å². The lowest BCUT2D eigenvalue weighted by molar-refractivity contribution is -0.137. The molecule has 2 N–H and O–H groups in total. The van der Waals surface area contributed by atoms with Crippen LogP contribution in [0.2, 0.25) is 0 Å². The maximum Gasteiger partial charge on any atom is 0.416 e. The maximum absolute atomic E-state index is 12.9. The fraction of sp³-hybridized carbons (Fsp3) is 0.278. The zero-order valence-electron chi connectivity index (χ0n) is 15.2. The van der Waals surface area contributed by atoms with Gasteiger partial charge in [0.1, 0.15) is 0 Å². The number of amides is 1. The number of benzene rings is 2.